The molecule has 3 heteroatoms. The summed E-state index contributed by atoms with van der Waals surface area (Å²) < 4.78 is 5.99. The lowest BCUT2D eigenvalue weighted by Gasteiger charge is -2.26. The Bertz CT molecular complexity index is 427. The van der Waals surface area contributed by atoms with Crippen LogP contribution < -0.4 is 10.1 Å². The maximum Gasteiger partial charge on any atom is 0.121 e. The third-order valence-corrected chi connectivity index (χ3v) is 3.41. The van der Waals surface area contributed by atoms with Crippen LogP contribution in [-0.2, 0) is 0 Å². The van der Waals surface area contributed by atoms with Crippen molar-refractivity contribution in [3.05, 3.63) is 29.3 Å². The molecule has 0 radical (unpaired) electrons. The topological polar surface area (TPSA) is 21.3 Å². The summed E-state index contributed by atoms with van der Waals surface area (Å²) in [5.74, 6) is 3.50. The van der Waals surface area contributed by atoms with E-state index in [-0.39, 0.29) is 6.10 Å². The molecule has 1 N–H and O–H groups in total. The summed E-state index contributed by atoms with van der Waals surface area (Å²) in [6, 6.07) is 7.83. The van der Waals surface area contributed by atoms with E-state index < -0.39 is 0 Å². The third kappa shape index (κ3) is 6.32. The van der Waals surface area contributed by atoms with E-state index in [1.807, 2.05) is 24.3 Å². The average molecular weight is 294 g/mol. The zero-order valence-corrected chi connectivity index (χ0v) is 13.1. The van der Waals surface area contributed by atoms with E-state index in [9.17, 15) is 0 Å². The molecule has 110 valence electrons. The van der Waals surface area contributed by atoms with Crippen LogP contribution in [0.1, 0.15) is 39.5 Å². The van der Waals surface area contributed by atoms with E-state index in [0.29, 0.717) is 11.1 Å². The first-order valence-electron chi connectivity index (χ1n) is 7.26. The quantitative estimate of drug-likeness (QED) is 0.542. The Morgan fingerprint density at radius 2 is 2.25 bits per heavy atom. The van der Waals surface area contributed by atoms with E-state index in [4.69, 9.17) is 22.8 Å². The van der Waals surface area contributed by atoms with Gasteiger partial charge in [-0.15, -0.1) is 12.3 Å². The summed E-state index contributed by atoms with van der Waals surface area (Å²) in [4.78, 5) is 0. The van der Waals surface area contributed by atoms with Crippen LogP contribution in [0.5, 0.6) is 5.75 Å². The van der Waals surface area contributed by atoms with E-state index in [2.05, 4.69) is 25.1 Å². The van der Waals surface area contributed by atoms with Crippen LogP contribution in [0.15, 0.2) is 24.3 Å². The molecule has 1 rings (SSSR count). The van der Waals surface area contributed by atoms with Gasteiger partial charge >= 0.3 is 0 Å². The molecule has 2 unspecified atom stereocenters. The highest BCUT2D eigenvalue weighted by Crippen LogP contribution is 2.20. The first-order chi connectivity index (χ1) is 9.67. The van der Waals surface area contributed by atoms with Crippen molar-refractivity contribution in [2.45, 2.75) is 51.7 Å². The van der Waals surface area contributed by atoms with Gasteiger partial charge in [-0.2, -0.15) is 0 Å². The number of hydrogen-bond acceptors (Lipinski definition) is 2. The van der Waals surface area contributed by atoms with Crippen LogP contribution in [0.3, 0.4) is 0 Å². The van der Waals surface area contributed by atoms with Gasteiger partial charge in [0.2, 0.25) is 0 Å². The Hall–Kier alpha value is -1.17. The van der Waals surface area contributed by atoms with Crippen LogP contribution in [-0.4, -0.2) is 18.7 Å². The van der Waals surface area contributed by atoms with Crippen LogP contribution in [0, 0.1) is 12.3 Å². The number of nitrogens with one attached hydrogen (secondary N) is 1. The molecule has 0 aliphatic carbocycles. The van der Waals surface area contributed by atoms with Crippen molar-refractivity contribution in [3.8, 4) is 18.1 Å². The van der Waals surface area contributed by atoms with E-state index >= 15 is 0 Å². The first-order valence-corrected chi connectivity index (χ1v) is 7.64. The molecule has 0 spiro atoms. The molecule has 0 saturated heterocycles. The van der Waals surface area contributed by atoms with Crippen molar-refractivity contribution in [3.63, 3.8) is 0 Å². The number of hydrogen-bond donors (Lipinski definition) is 1. The van der Waals surface area contributed by atoms with Gasteiger partial charge in [-0.3, -0.25) is 0 Å². The highest BCUT2D eigenvalue weighted by molar-refractivity contribution is 6.30. The minimum atomic E-state index is 0.0813. The zero-order valence-electron chi connectivity index (χ0n) is 12.4. The Balaban J connectivity index is 2.56. The predicted octanol–water partition coefficient (Wildman–Crippen LogP) is 4.28. The Morgan fingerprint density at radius 1 is 1.45 bits per heavy atom. The number of rotatable bonds is 9. The van der Waals surface area contributed by atoms with Gasteiger partial charge in [0.15, 0.2) is 0 Å². The average Bonchev–Trinajstić information content (AvgIpc) is 2.42. The van der Waals surface area contributed by atoms with Crippen molar-refractivity contribution in [1.29, 1.82) is 0 Å². The first kappa shape index (κ1) is 16.9. The lowest BCUT2D eigenvalue weighted by atomic mass is 10.0. The standard InChI is InChI=1S/C17H24ClNO/c1-4-6-7-11-17(19-12-5-2)14(3)20-16-10-8-9-15(18)13-16/h1,8-10,13-14,17,19H,5-7,11-12H2,2-3H3. The number of halogens is 1. The molecule has 2 nitrogen and oxygen atoms in total. The minimum absolute atomic E-state index is 0.0813. The van der Waals surface area contributed by atoms with E-state index in [1.165, 1.54) is 0 Å². The normalized spacial score (nSPS) is 13.5. The molecule has 0 aliphatic rings. The molecular formula is C17H24ClNO. The minimum Gasteiger partial charge on any atom is -0.489 e. The highest BCUT2D eigenvalue weighted by atomic mass is 35.5. The second kappa shape index (κ2) is 9.69. The lowest BCUT2D eigenvalue weighted by molar-refractivity contribution is 0.163. The fourth-order valence-electron chi connectivity index (χ4n) is 2.09. The lowest BCUT2D eigenvalue weighted by Crippen LogP contribution is -2.41. The third-order valence-electron chi connectivity index (χ3n) is 3.18. The second-order valence-corrected chi connectivity index (χ2v) is 5.37. The second-order valence-electron chi connectivity index (χ2n) is 4.94. The predicted molar refractivity (Wildman–Crippen MR) is 86.3 cm³/mol. The molecule has 0 aliphatic heterocycles. The smallest absolute Gasteiger partial charge is 0.121 e. The van der Waals surface area contributed by atoms with Crippen LogP contribution in [0.4, 0.5) is 0 Å². The highest BCUT2D eigenvalue weighted by Gasteiger charge is 2.17. The maximum atomic E-state index is 5.99. The summed E-state index contributed by atoms with van der Waals surface area (Å²) in [5, 5.41) is 4.23. The molecule has 0 aromatic heterocycles. The largest absolute Gasteiger partial charge is 0.489 e. The molecule has 2 atom stereocenters. The van der Waals surface area contributed by atoms with Crippen LogP contribution in [0.2, 0.25) is 5.02 Å². The molecule has 0 saturated carbocycles. The molecule has 0 fully saturated rings. The van der Waals surface area contributed by atoms with Gasteiger partial charge in [0.25, 0.3) is 0 Å². The SMILES string of the molecule is C#CCCCC(NCCC)C(C)Oc1cccc(Cl)c1. The van der Waals surface area contributed by atoms with Crippen molar-refractivity contribution < 1.29 is 4.74 Å². The van der Waals surface area contributed by atoms with Gasteiger partial charge in [-0.05, 0) is 50.9 Å². The Morgan fingerprint density at radius 3 is 2.90 bits per heavy atom. The summed E-state index contributed by atoms with van der Waals surface area (Å²) in [5.41, 5.74) is 0. The fourth-order valence-corrected chi connectivity index (χ4v) is 2.27. The molecule has 20 heavy (non-hydrogen) atoms. The zero-order chi connectivity index (χ0) is 14.8. The summed E-state index contributed by atoms with van der Waals surface area (Å²) in [7, 11) is 0. The number of terminal acetylenes is 1. The number of benzene rings is 1. The van der Waals surface area contributed by atoms with Crippen molar-refractivity contribution in [2.24, 2.45) is 0 Å². The number of ether oxygens (including phenoxy) is 1. The molecular weight excluding hydrogens is 270 g/mol. The van der Waals surface area contributed by atoms with Crippen molar-refractivity contribution in [1.82, 2.24) is 5.32 Å². The van der Waals surface area contributed by atoms with Crippen LogP contribution >= 0.6 is 11.6 Å². The monoisotopic (exact) mass is 293 g/mol. The fraction of sp³-hybridized carbons (Fsp3) is 0.529. The maximum absolute atomic E-state index is 5.99. The van der Waals surface area contributed by atoms with Gasteiger partial charge in [-0.1, -0.05) is 24.6 Å². The van der Waals surface area contributed by atoms with E-state index in [1.54, 1.807) is 0 Å². The molecule has 1 aromatic rings. The number of unbranched alkanes of at least 4 members (excludes halogenated alkanes) is 1. The molecule has 0 bridgehead atoms. The Kier molecular flexibility index (Phi) is 8.18. The summed E-state index contributed by atoms with van der Waals surface area (Å²) in [6.07, 6.45) is 9.35. The van der Waals surface area contributed by atoms with Crippen molar-refractivity contribution in [2.75, 3.05) is 6.54 Å². The van der Waals surface area contributed by atoms with Gasteiger partial charge in [0.1, 0.15) is 11.9 Å². The summed E-state index contributed by atoms with van der Waals surface area (Å²) in [6.45, 7) is 5.24. The molecule has 0 amide bonds. The van der Waals surface area contributed by atoms with Gasteiger partial charge < -0.3 is 10.1 Å². The van der Waals surface area contributed by atoms with Crippen LogP contribution in [0.25, 0.3) is 0 Å². The van der Waals surface area contributed by atoms with Crippen molar-refractivity contribution >= 4 is 11.6 Å². The summed E-state index contributed by atoms with van der Waals surface area (Å²) >= 11 is 5.98. The Labute approximate surface area is 127 Å². The van der Waals surface area contributed by atoms with E-state index in [0.717, 1.165) is 38.0 Å². The molecule has 0 heterocycles. The molecule has 1 aromatic carbocycles. The van der Waals surface area contributed by atoms with Gasteiger partial charge in [0, 0.05) is 17.5 Å². The van der Waals surface area contributed by atoms with Gasteiger partial charge in [-0.25, -0.2) is 0 Å². The van der Waals surface area contributed by atoms with Gasteiger partial charge in [0.05, 0.1) is 0 Å².